The van der Waals surface area contributed by atoms with Gasteiger partial charge in [-0.25, -0.2) is 4.98 Å². The van der Waals surface area contributed by atoms with Crippen molar-refractivity contribution in [2.24, 2.45) is 5.92 Å². The first-order valence-electron chi connectivity index (χ1n) is 12.6. The molecule has 2 amide bonds. The Morgan fingerprint density at radius 3 is 2.40 bits per heavy atom. The number of fused-ring (bicyclic) bond motifs is 1. The smallest absolute Gasteiger partial charge is 0.494 e. The van der Waals surface area contributed by atoms with Crippen molar-refractivity contribution < 1.29 is 23.3 Å². The van der Waals surface area contributed by atoms with Gasteiger partial charge >= 0.3 is 6.69 Å². The van der Waals surface area contributed by atoms with Crippen molar-refractivity contribution in [3.05, 3.63) is 60.2 Å². The molecule has 2 aliphatic rings. The van der Waals surface area contributed by atoms with Gasteiger partial charge in [0.15, 0.2) is 0 Å². The molecule has 0 unspecified atom stereocenters. The maximum Gasteiger partial charge on any atom is 0.494 e. The lowest BCUT2D eigenvalue weighted by atomic mass is 9.57. The molecule has 0 aliphatic carbocycles. The van der Waals surface area contributed by atoms with E-state index in [-0.39, 0.29) is 17.5 Å². The van der Waals surface area contributed by atoms with Crippen LogP contribution in [0.2, 0.25) is 0 Å². The number of quaternary nitrogens is 1. The first-order chi connectivity index (χ1) is 16.9. The predicted octanol–water partition coefficient (Wildman–Crippen LogP) is 1.72. The van der Waals surface area contributed by atoms with Crippen molar-refractivity contribution in [1.29, 1.82) is 0 Å². The van der Waals surface area contributed by atoms with Crippen LogP contribution in [0.3, 0.4) is 0 Å². The number of carbonyl (C=O) groups excluding carboxylic acids is 2. The summed E-state index contributed by atoms with van der Waals surface area (Å²) in [4.78, 5) is 34.7. The maximum absolute atomic E-state index is 13.8. The largest absolute Gasteiger partial charge is 0.508 e. The first kappa shape index (κ1) is 25.3. The van der Waals surface area contributed by atoms with Gasteiger partial charge in [0, 0.05) is 31.3 Å². The van der Waals surface area contributed by atoms with Crippen LogP contribution < -0.4 is 10.6 Å². The molecule has 2 saturated heterocycles. The standard InChI is InChI=1S/C25H36BN5O4/c1-4-31-12-14-34-26(31,35-15-13-31)23(16-19(2)3)30-24(32)21(17-20-8-6-5-7-9-20)29-25(33)22-18-27-10-11-28-22/h5-11,18-19,21,23H,4,12-17H2,1-3H3,(H,29,33)(H,30,32)/t21-,23-,26?,31?/m0/s1. The zero-order valence-corrected chi connectivity index (χ0v) is 20.9. The van der Waals surface area contributed by atoms with Crippen LogP contribution in [-0.4, -0.2) is 77.7 Å². The van der Waals surface area contributed by atoms with E-state index < -0.39 is 18.6 Å². The van der Waals surface area contributed by atoms with Gasteiger partial charge in [0.05, 0.1) is 32.5 Å². The Bertz CT molecular complexity index is 997. The first-order valence-corrected chi connectivity index (χ1v) is 12.6. The number of carbonyl (C=O) groups is 2. The molecule has 1 aromatic heterocycles. The Kier molecular flexibility index (Phi) is 7.83. The quantitative estimate of drug-likeness (QED) is 0.502. The summed E-state index contributed by atoms with van der Waals surface area (Å²) in [5.74, 6) is -0.663. The van der Waals surface area contributed by atoms with Gasteiger partial charge in [-0.05, 0) is 18.4 Å². The molecule has 0 spiro atoms. The number of hydrogen-bond donors (Lipinski definition) is 2. The van der Waals surface area contributed by atoms with E-state index in [1.807, 2.05) is 30.3 Å². The molecule has 0 saturated carbocycles. The van der Waals surface area contributed by atoms with Crippen LogP contribution in [0.1, 0.15) is 43.2 Å². The molecule has 10 heteroatoms. The Hall–Kier alpha value is -2.82. The second kappa shape index (κ2) is 10.8. The van der Waals surface area contributed by atoms with Crippen molar-refractivity contribution >= 4 is 18.5 Å². The van der Waals surface area contributed by atoms with Gasteiger partial charge in [-0.2, -0.15) is 0 Å². The summed E-state index contributed by atoms with van der Waals surface area (Å²) in [5.41, 5.74) is 1.11. The van der Waals surface area contributed by atoms with Crippen LogP contribution in [0.4, 0.5) is 0 Å². The highest BCUT2D eigenvalue weighted by Gasteiger charge is 2.62. The van der Waals surface area contributed by atoms with Crippen LogP contribution in [0, 0.1) is 5.92 Å². The second-order valence-corrected chi connectivity index (χ2v) is 10.0. The summed E-state index contributed by atoms with van der Waals surface area (Å²) in [5, 5.41) is 6.14. The molecule has 188 valence electrons. The molecule has 0 bridgehead atoms. The van der Waals surface area contributed by atoms with E-state index in [1.54, 1.807) is 0 Å². The van der Waals surface area contributed by atoms with Gasteiger partial charge in [-0.3, -0.25) is 14.6 Å². The Balaban J connectivity index is 1.59. The molecule has 2 atom stereocenters. The lowest BCUT2D eigenvalue weighted by Crippen LogP contribution is -2.73. The van der Waals surface area contributed by atoms with Crippen LogP contribution in [-0.2, 0) is 20.5 Å². The van der Waals surface area contributed by atoms with Crippen molar-refractivity contribution in [3.8, 4) is 0 Å². The molecule has 2 aliphatic heterocycles. The lowest BCUT2D eigenvalue weighted by Gasteiger charge is -2.50. The highest BCUT2D eigenvalue weighted by Crippen LogP contribution is 2.38. The maximum atomic E-state index is 13.8. The zero-order valence-electron chi connectivity index (χ0n) is 20.9. The molecule has 2 fully saturated rings. The van der Waals surface area contributed by atoms with E-state index in [0.717, 1.165) is 36.0 Å². The third kappa shape index (κ3) is 5.24. The van der Waals surface area contributed by atoms with Gasteiger partial charge in [-0.15, -0.1) is 0 Å². The fraction of sp³-hybridized carbons (Fsp3) is 0.520. The van der Waals surface area contributed by atoms with Gasteiger partial charge in [0.2, 0.25) is 5.91 Å². The van der Waals surface area contributed by atoms with Crippen molar-refractivity contribution in [2.45, 2.75) is 45.6 Å². The van der Waals surface area contributed by atoms with Crippen LogP contribution >= 0.6 is 0 Å². The van der Waals surface area contributed by atoms with Gasteiger partial charge in [0.1, 0.15) is 11.7 Å². The van der Waals surface area contributed by atoms with Crippen LogP contribution in [0.25, 0.3) is 0 Å². The van der Waals surface area contributed by atoms with E-state index in [0.29, 0.717) is 25.6 Å². The average Bonchev–Trinajstić information content (AvgIpc) is 3.41. The summed E-state index contributed by atoms with van der Waals surface area (Å²) in [6.45, 7) is 8.58. The molecule has 2 aromatic rings. The molecule has 35 heavy (non-hydrogen) atoms. The molecular weight excluding hydrogens is 445 g/mol. The van der Waals surface area contributed by atoms with E-state index in [2.05, 4.69) is 41.4 Å². The minimum Gasteiger partial charge on any atom is -0.508 e. The average molecular weight is 481 g/mol. The van der Waals surface area contributed by atoms with E-state index in [4.69, 9.17) is 9.31 Å². The second-order valence-electron chi connectivity index (χ2n) is 10.0. The number of nitrogens with one attached hydrogen (secondary N) is 2. The molecule has 1 aromatic carbocycles. The van der Waals surface area contributed by atoms with Crippen molar-refractivity contribution in [3.63, 3.8) is 0 Å². The number of benzene rings is 1. The molecule has 4 rings (SSSR count). The number of hydrogen-bond acceptors (Lipinski definition) is 6. The molecule has 9 nitrogen and oxygen atoms in total. The number of likely N-dealkylation sites (N-methyl/N-ethyl adjacent to an activating group) is 1. The van der Waals surface area contributed by atoms with Gasteiger partial charge < -0.3 is 24.3 Å². The normalized spacial score (nSPS) is 25.1. The highest BCUT2D eigenvalue weighted by atomic mass is 16.6. The number of nitrogens with zero attached hydrogens (tertiary/aromatic N) is 3. The minimum absolute atomic E-state index is 0.167. The molecule has 2 N–H and O–H groups in total. The van der Waals surface area contributed by atoms with Gasteiger partial charge in [-0.1, -0.05) is 50.6 Å². The molecule has 3 heterocycles. The van der Waals surface area contributed by atoms with E-state index >= 15 is 0 Å². The Morgan fingerprint density at radius 2 is 1.80 bits per heavy atom. The highest BCUT2D eigenvalue weighted by molar-refractivity contribution is 6.63. The fourth-order valence-corrected chi connectivity index (χ4v) is 5.66. The van der Waals surface area contributed by atoms with Gasteiger partial charge in [0.25, 0.3) is 5.91 Å². The van der Waals surface area contributed by atoms with Crippen LogP contribution in [0.5, 0.6) is 0 Å². The lowest BCUT2D eigenvalue weighted by molar-refractivity contribution is -0.821. The van der Waals surface area contributed by atoms with E-state index in [1.165, 1.54) is 18.6 Å². The molecule has 0 radical (unpaired) electrons. The summed E-state index contributed by atoms with van der Waals surface area (Å²) >= 11 is 0. The third-order valence-corrected chi connectivity index (χ3v) is 7.44. The van der Waals surface area contributed by atoms with Crippen molar-refractivity contribution in [1.82, 2.24) is 20.6 Å². The predicted molar refractivity (Wildman–Crippen MR) is 133 cm³/mol. The summed E-state index contributed by atoms with van der Waals surface area (Å²) in [6.07, 6.45) is 5.43. The number of rotatable bonds is 10. The summed E-state index contributed by atoms with van der Waals surface area (Å²) < 4.78 is 13.5. The monoisotopic (exact) mass is 481 g/mol. The topological polar surface area (TPSA) is 102 Å². The summed E-state index contributed by atoms with van der Waals surface area (Å²) in [7, 11) is 0. The SMILES string of the molecule is CC[N+]12CCO[B-]1([C@H](CC(C)C)NC(=O)[C@H](Cc1ccccc1)NC(=O)c1cnccn1)OCC2. The summed E-state index contributed by atoms with van der Waals surface area (Å²) in [6, 6.07) is 8.87. The third-order valence-electron chi connectivity index (χ3n) is 7.44. The van der Waals surface area contributed by atoms with Crippen LogP contribution in [0.15, 0.2) is 48.9 Å². The van der Waals surface area contributed by atoms with E-state index in [9.17, 15) is 9.59 Å². The zero-order chi connectivity index (χ0) is 24.9. The number of amides is 2. The Labute approximate surface area is 207 Å². The Morgan fingerprint density at radius 1 is 1.09 bits per heavy atom. The molecular formula is C25H36BN5O4. The number of aromatic nitrogens is 2. The fourth-order valence-electron chi connectivity index (χ4n) is 5.66. The van der Waals surface area contributed by atoms with Crippen molar-refractivity contribution in [2.75, 3.05) is 32.8 Å². The minimum atomic E-state index is -1.74.